The summed E-state index contributed by atoms with van der Waals surface area (Å²) < 4.78 is 5.45. The number of carbonyl (C=O) groups excluding carboxylic acids is 1. The quantitative estimate of drug-likeness (QED) is 0.681. The summed E-state index contributed by atoms with van der Waals surface area (Å²) in [6, 6.07) is 5.09. The van der Waals surface area contributed by atoms with Crippen LogP contribution in [-0.4, -0.2) is 23.6 Å². The molecule has 0 saturated carbocycles. The number of amides is 1. The second-order valence-electron chi connectivity index (χ2n) is 4.64. The summed E-state index contributed by atoms with van der Waals surface area (Å²) >= 11 is 6.07. The Bertz CT molecular complexity index is 491. The Morgan fingerprint density at radius 1 is 1.29 bits per heavy atom. The first-order valence-corrected chi connectivity index (χ1v) is 7.34. The number of hydrogen-bond acceptors (Lipinski definition) is 3. The standard InChI is InChI=1S/C15H20ClNO4/c1-2-9-21-13-8-7-11(10-12(13)16)17-14(18)5-3-4-6-15(19)20/h7-8,10H,2-6,9H2,1H3,(H,17,18)(H,19,20). The van der Waals surface area contributed by atoms with Crippen LogP contribution in [0.15, 0.2) is 18.2 Å². The normalized spacial score (nSPS) is 10.2. The van der Waals surface area contributed by atoms with E-state index in [1.54, 1.807) is 18.2 Å². The zero-order valence-electron chi connectivity index (χ0n) is 12.0. The van der Waals surface area contributed by atoms with E-state index in [0.717, 1.165) is 6.42 Å². The van der Waals surface area contributed by atoms with Gasteiger partial charge in [-0.2, -0.15) is 0 Å². The van der Waals surface area contributed by atoms with Gasteiger partial charge in [0.05, 0.1) is 11.6 Å². The molecule has 1 rings (SSSR count). The SMILES string of the molecule is CCCOc1ccc(NC(=O)CCCCC(=O)O)cc1Cl. The number of anilines is 1. The lowest BCUT2D eigenvalue weighted by Crippen LogP contribution is -2.11. The number of carboxylic acid groups (broad SMARTS) is 1. The molecule has 0 fully saturated rings. The highest BCUT2D eigenvalue weighted by Crippen LogP contribution is 2.27. The molecule has 6 heteroatoms. The van der Waals surface area contributed by atoms with Crippen molar-refractivity contribution in [2.45, 2.75) is 39.0 Å². The van der Waals surface area contributed by atoms with Gasteiger partial charge < -0.3 is 15.2 Å². The van der Waals surface area contributed by atoms with Gasteiger partial charge in [0.25, 0.3) is 0 Å². The van der Waals surface area contributed by atoms with E-state index in [4.69, 9.17) is 21.4 Å². The highest BCUT2D eigenvalue weighted by atomic mass is 35.5. The molecule has 0 spiro atoms. The van der Waals surface area contributed by atoms with Crippen LogP contribution in [0.3, 0.4) is 0 Å². The van der Waals surface area contributed by atoms with Gasteiger partial charge in [-0.05, 0) is 37.5 Å². The number of benzene rings is 1. The fraction of sp³-hybridized carbons (Fsp3) is 0.467. The van der Waals surface area contributed by atoms with Crippen molar-refractivity contribution in [3.05, 3.63) is 23.2 Å². The van der Waals surface area contributed by atoms with E-state index in [0.29, 0.717) is 42.3 Å². The van der Waals surface area contributed by atoms with Crippen molar-refractivity contribution in [2.24, 2.45) is 0 Å². The Morgan fingerprint density at radius 3 is 2.62 bits per heavy atom. The van der Waals surface area contributed by atoms with Crippen molar-refractivity contribution in [1.82, 2.24) is 0 Å². The largest absolute Gasteiger partial charge is 0.492 e. The molecule has 1 aromatic rings. The zero-order chi connectivity index (χ0) is 15.7. The molecule has 2 N–H and O–H groups in total. The van der Waals surface area contributed by atoms with E-state index in [9.17, 15) is 9.59 Å². The van der Waals surface area contributed by atoms with Gasteiger partial charge in [0, 0.05) is 18.5 Å². The molecule has 1 amide bonds. The minimum Gasteiger partial charge on any atom is -0.492 e. The maximum absolute atomic E-state index is 11.7. The van der Waals surface area contributed by atoms with Gasteiger partial charge >= 0.3 is 5.97 Å². The molecule has 0 bridgehead atoms. The fourth-order valence-electron chi connectivity index (χ4n) is 1.69. The van der Waals surface area contributed by atoms with Crippen LogP contribution in [0, 0.1) is 0 Å². The Balaban J connectivity index is 2.42. The number of aliphatic carboxylic acids is 1. The highest BCUT2D eigenvalue weighted by Gasteiger charge is 2.07. The molecule has 0 unspecified atom stereocenters. The fourth-order valence-corrected chi connectivity index (χ4v) is 1.93. The van der Waals surface area contributed by atoms with Gasteiger partial charge in [-0.25, -0.2) is 0 Å². The van der Waals surface area contributed by atoms with Crippen molar-refractivity contribution in [3.63, 3.8) is 0 Å². The average molecular weight is 314 g/mol. The number of carboxylic acids is 1. The Labute approximate surface area is 129 Å². The van der Waals surface area contributed by atoms with Gasteiger partial charge in [0.1, 0.15) is 5.75 Å². The molecule has 5 nitrogen and oxygen atoms in total. The van der Waals surface area contributed by atoms with Gasteiger partial charge in [-0.3, -0.25) is 9.59 Å². The summed E-state index contributed by atoms with van der Waals surface area (Å²) in [5.74, 6) is -0.401. The Kier molecular flexibility index (Phi) is 7.61. The maximum Gasteiger partial charge on any atom is 0.303 e. The van der Waals surface area contributed by atoms with Gasteiger partial charge in [0.2, 0.25) is 5.91 Å². The van der Waals surface area contributed by atoms with Crippen LogP contribution in [0.25, 0.3) is 0 Å². The van der Waals surface area contributed by atoms with Gasteiger partial charge in [0.15, 0.2) is 0 Å². The first kappa shape index (κ1) is 17.3. The van der Waals surface area contributed by atoms with Crippen LogP contribution in [0.4, 0.5) is 5.69 Å². The Hall–Kier alpha value is -1.75. The van der Waals surface area contributed by atoms with E-state index in [1.807, 2.05) is 6.92 Å². The molecule has 0 saturated heterocycles. The first-order valence-electron chi connectivity index (χ1n) is 6.97. The molecule has 0 aliphatic carbocycles. The summed E-state index contributed by atoms with van der Waals surface area (Å²) in [5.41, 5.74) is 0.604. The van der Waals surface area contributed by atoms with Crippen LogP contribution in [0.1, 0.15) is 39.0 Å². The first-order chi connectivity index (χ1) is 10.0. The summed E-state index contributed by atoms with van der Waals surface area (Å²) in [4.78, 5) is 22.0. The van der Waals surface area contributed by atoms with Gasteiger partial charge in [-0.15, -0.1) is 0 Å². The summed E-state index contributed by atoms with van der Waals surface area (Å²) in [6.45, 7) is 2.60. The maximum atomic E-state index is 11.7. The predicted octanol–water partition coefficient (Wildman–Crippen LogP) is 3.71. The van der Waals surface area contributed by atoms with Crippen molar-refractivity contribution < 1.29 is 19.4 Å². The second-order valence-corrected chi connectivity index (χ2v) is 5.05. The van der Waals surface area contributed by atoms with Crippen molar-refractivity contribution in [1.29, 1.82) is 0 Å². The monoisotopic (exact) mass is 313 g/mol. The molecule has 0 aliphatic heterocycles. The third kappa shape index (κ3) is 6.99. The number of hydrogen-bond donors (Lipinski definition) is 2. The zero-order valence-corrected chi connectivity index (χ0v) is 12.8. The molecular formula is C15H20ClNO4. The topological polar surface area (TPSA) is 75.6 Å². The molecular weight excluding hydrogens is 294 g/mol. The van der Waals surface area contributed by atoms with Gasteiger partial charge in [-0.1, -0.05) is 18.5 Å². The third-order valence-electron chi connectivity index (χ3n) is 2.72. The summed E-state index contributed by atoms with van der Waals surface area (Å²) in [5, 5.41) is 11.7. The van der Waals surface area contributed by atoms with E-state index in [2.05, 4.69) is 5.32 Å². The van der Waals surface area contributed by atoms with Crippen molar-refractivity contribution >= 4 is 29.2 Å². The van der Waals surface area contributed by atoms with Crippen LogP contribution < -0.4 is 10.1 Å². The second kappa shape index (κ2) is 9.23. The number of unbranched alkanes of at least 4 members (excludes halogenated alkanes) is 1. The van der Waals surface area contributed by atoms with E-state index in [-0.39, 0.29) is 12.3 Å². The van der Waals surface area contributed by atoms with Crippen LogP contribution in [-0.2, 0) is 9.59 Å². The molecule has 0 radical (unpaired) electrons. The lowest BCUT2D eigenvalue weighted by Gasteiger charge is -2.09. The highest BCUT2D eigenvalue weighted by molar-refractivity contribution is 6.32. The third-order valence-corrected chi connectivity index (χ3v) is 3.02. The van der Waals surface area contributed by atoms with E-state index >= 15 is 0 Å². The minimum absolute atomic E-state index is 0.0859. The molecule has 116 valence electrons. The number of carbonyl (C=O) groups is 2. The molecule has 1 aromatic carbocycles. The van der Waals surface area contributed by atoms with Crippen LogP contribution in [0.5, 0.6) is 5.75 Å². The molecule has 0 atom stereocenters. The van der Waals surface area contributed by atoms with Crippen LogP contribution in [0.2, 0.25) is 5.02 Å². The predicted molar refractivity (Wildman–Crippen MR) is 82.0 cm³/mol. The molecule has 0 aromatic heterocycles. The average Bonchev–Trinajstić information content (AvgIpc) is 2.42. The van der Waals surface area contributed by atoms with Crippen molar-refractivity contribution in [2.75, 3.05) is 11.9 Å². The van der Waals surface area contributed by atoms with E-state index < -0.39 is 5.97 Å². The molecule has 0 aliphatic rings. The summed E-state index contributed by atoms with van der Waals surface area (Å²) in [7, 11) is 0. The summed E-state index contributed by atoms with van der Waals surface area (Å²) in [6.07, 6.45) is 2.31. The number of rotatable bonds is 9. The van der Waals surface area contributed by atoms with Crippen molar-refractivity contribution in [3.8, 4) is 5.75 Å². The number of nitrogens with one attached hydrogen (secondary N) is 1. The number of ether oxygens (including phenoxy) is 1. The smallest absolute Gasteiger partial charge is 0.303 e. The minimum atomic E-state index is -0.843. The lowest BCUT2D eigenvalue weighted by molar-refractivity contribution is -0.137. The molecule has 0 heterocycles. The van der Waals surface area contributed by atoms with Crippen LogP contribution >= 0.6 is 11.6 Å². The Morgan fingerprint density at radius 2 is 2.00 bits per heavy atom. The number of halogens is 1. The molecule has 21 heavy (non-hydrogen) atoms. The lowest BCUT2D eigenvalue weighted by atomic mass is 10.2. The van der Waals surface area contributed by atoms with E-state index in [1.165, 1.54) is 0 Å².